The normalized spacial score (nSPS) is 23.0. The van der Waals surface area contributed by atoms with Crippen molar-refractivity contribution >= 4 is 15.9 Å². The van der Waals surface area contributed by atoms with Gasteiger partial charge in [0, 0.05) is 44.9 Å². The number of ether oxygens (including phenoxy) is 1. The molecule has 1 N–H and O–H groups in total. The quantitative estimate of drug-likeness (QED) is 0.791. The van der Waals surface area contributed by atoms with Gasteiger partial charge in [0.25, 0.3) is 10.0 Å². The van der Waals surface area contributed by atoms with E-state index in [2.05, 4.69) is 10.3 Å². The van der Waals surface area contributed by atoms with Gasteiger partial charge in [0.05, 0.1) is 12.4 Å². The van der Waals surface area contributed by atoms with Gasteiger partial charge in [-0.2, -0.15) is 4.31 Å². The zero-order valence-corrected chi connectivity index (χ0v) is 15.4. The molecule has 2 aliphatic heterocycles. The molecule has 1 aromatic rings. The maximum atomic E-state index is 12.6. The van der Waals surface area contributed by atoms with Crippen molar-refractivity contribution in [3.63, 3.8) is 0 Å². The van der Waals surface area contributed by atoms with Crippen LogP contribution in [-0.4, -0.2) is 60.5 Å². The number of rotatable bonds is 6. The number of amides is 1. The summed E-state index contributed by atoms with van der Waals surface area (Å²) >= 11 is 0. The van der Waals surface area contributed by atoms with Crippen LogP contribution < -0.4 is 5.32 Å². The molecular weight excluding hydrogens is 344 g/mol. The Kier molecular flexibility index (Phi) is 5.75. The minimum absolute atomic E-state index is 0.00260. The molecular formula is C16H26N4O4S. The van der Waals surface area contributed by atoms with Gasteiger partial charge >= 0.3 is 0 Å². The SMILES string of the molecule is CCn1cnc(S(=O)(=O)N2CCC(C(=O)NC[C@H]3CCCO3)CC2)c1. The summed E-state index contributed by atoms with van der Waals surface area (Å²) in [6, 6.07) is 0. The van der Waals surface area contributed by atoms with Gasteiger partial charge in [-0.1, -0.05) is 0 Å². The first-order valence-corrected chi connectivity index (χ1v) is 10.4. The highest BCUT2D eigenvalue weighted by Gasteiger charge is 2.33. The van der Waals surface area contributed by atoms with E-state index in [1.54, 1.807) is 10.8 Å². The number of nitrogens with one attached hydrogen (secondary N) is 1. The summed E-state index contributed by atoms with van der Waals surface area (Å²) in [7, 11) is -3.58. The van der Waals surface area contributed by atoms with Crippen molar-refractivity contribution in [1.82, 2.24) is 19.2 Å². The summed E-state index contributed by atoms with van der Waals surface area (Å²) < 4.78 is 33.9. The maximum Gasteiger partial charge on any atom is 0.262 e. The van der Waals surface area contributed by atoms with Gasteiger partial charge in [0.2, 0.25) is 5.91 Å². The smallest absolute Gasteiger partial charge is 0.262 e. The van der Waals surface area contributed by atoms with Crippen molar-refractivity contribution in [2.75, 3.05) is 26.2 Å². The average molecular weight is 370 g/mol. The molecule has 9 heteroatoms. The highest BCUT2D eigenvalue weighted by molar-refractivity contribution is 7.89. The van der Waals surface area contributed by atoms with Crippen molar-refractivity contribution in [3.8, 4) is 0 Å². The molecule has 0 aliphatic carbocycles. The Labute approximate surface area is 148 Å². The Hall–Kier alpha value is -1.45. The van der Waals surface area contributed by atoms with E-state index in [-0.39, 0.29) is 23.0 Å². The van der Waals surface area contributed by atoms with Crippen LogP contribution in [0.15, 0.2) is 17.6 Å². The van der Waals surface area contributed by atoms with E-state index in [9.17, 15) is 13.2 Å². The van der Waals surface area contributed by atoms with Crippen molar-refractivity contribution in [2.45, 2.75) is 50.3 Å². The predicted octanol–water partition coefficient (Wildman–Crippen LogP) is 0.599. The van der Waals surface area contributed by atoms with Crippen LogP contribution in [0.5, 0.6) is 0 Å². The third-order valence-electron chi connectivity index (χ3n) is 4.93. The first-order chi connectivity index (χ1) is 12.0. The molecule has 1 atom stereocenters. The van der Waals surface area contributed by atoms with Crippen LogP contribution in [0.1, 0.15) is 32.6 Å². The number of nitrogens with zero attached hydrogens (tertiary/aromatic N) is 3. The predicted molar refractivity (Wildman–Crippen MR) is 91.4 cm³/mol. The minimum atomic E-state index is -3.58. The molecule has 2 fully saturated rings. The number of hydrogen-bond donors (Lipinski definition) is 1. The van der Waals surface area contributed by atoms with E-state index in [1.165, 1.54) is 10.6 Å². The third-order valence-corrected chi connectivity index (χ3v) is 6.72. The van der Waals surface area contributed by atoms with E-state index >= 15 is 0 Å². The van der Waals surface area contributed by atoms with Gasteiger partial charge in [0.15, 0.2) is 5.03 Å². The van der Waals surface area contributed by atoms with Gasteiger partial charge in [-0.15, -0.1) is 0 Å². The lowest BCUT2D eigenvalue weighted by Gasteiger charge is -2.30. The first-order valence-electron chi connectivity index (χ1n) is 8.92. The second-order valence-corrected chi connectivity index (χ2v) is 8.49. The number of sulfonamides is 1. The zero-order chi connectivity index (χ0) is 17.9. The summed E-state index contributed by atoms with van der Waals surface area (Å²) in [5.41, 5.74) is 0. The monoisotopic (exact) mass is 370 g/mol. The molecule has 1 aromatic heterocycles. The Bertz CT molecular complexity index is 689. The van der Waals surface area contributed by atoms with Crippen molar-refractivity contribution in [3.05, 3.63) is 12.5 Å². The van der Waals surface area contributed by atoms with E-state index in [1.807, 2.05) is 6.92 Å². The van der Waals surface area contributed by atoms with Crippen LogP contribution in [0.2, 0.25) is 0 Å². The van der Waals surface area contributed by atoms with E-state index in [0.717, 1.165) is 19.4 Å². The lowest BCUT2D eigenvalue weighted by molar-refractivity contribution is -0.126. The summed E-state index contributed by atoms with van der Waals surface area (Å²) in [5, 5.41) is 3.02. The summed E-state index contributed by atoms with van der Waals surface area (Å²) in [6.07, 6.45) is 6.30. The fraction of sp³-hybridized carbons (Fsp3) is 0.750. The molecule has 0 radical (unpaired) electrons. The number of carbonyl (C=O) groups is 1. The van der Waals surface area contributed by atoms with Crippen molar-refractivity contribution in [1.29, 1.82) is 0 Å². The maximum absolute atomic E-state index is 12.6. The molecule has 1 amide bonds. The van der Waals surface area contributed by atoms with E-state index in [0.29, 0.717) is 39.0 Å². The molecule has 0 saturated carbocycles. The van der Waals surface area contributed by atoms with Crippen molar-refractivity contribution < 1.29 is 17.9 Å². The number of carbonyl (C=O) groups excluding carboxylic acids is 1. The van der Waals surface area contributed by atoms with Gasteiger partial charge in [-0.25, -0.2) is 13.4 Å². The molecule has 0 aromatic carbocycles. The number of aromatic nitrogens is 2. The molecule has 3 rings (SSSR count). The molecule has 3 heterocycles. The summed E-state index contributed by atoms with van der Waals surface area (Å²) in [6.45, 7) is 4.61. The lowest BCUT2D eigenvalue weighted by atomic mass is 9.97. The van der Waals surface area contributed by atoms with Crippen LogP contribution in [0.25, 0.3) is 0 Å². The van der Waals surface area contributed by atoms with Crippen LogP contribution in [0, 0.1) is 5.92 Å². The fourth-order valence-electron chi connectivity index (χ4n) is 3.30. The molecule has 2 aliphatic rings. The topological polar surface area (TPSA) is 93.5 Å². The summed E-state index contributed by atoms with van der Waals surface area (Å²) in [5.74, 6) is -0.135. The number of hydrogen-bond acceptors (Lipinski definition) is 5. The largest absolute Gasteiger partial charge is 0.376 e. The highest BCUT2D eigenvalue weighted by Crippen LogP contribution is 2.23. The molecule has 0 unspecified atom stereocenters. The second kappa shape index (κ2) is 7.84. The Morgan fingerprint density at radius 1 is 1.36 bits per heavy atom. The zero-order valence-electron chi connectivity index (χ0n) is 14.6. The van der Waals surface area contributed by atoms with E-state index < -0.39 is 10.0 Å². The third kappa shape index (κ3) is 4.21. The van der Waals surface area contributed by atoms with Gasteiger partial charge in [0.1, 0.15) is 0 Å². The average Bonchev–Trinajstić information content (AvgIpc) is 3.31. The molecule has 140 valence electrons. The van der Waals surface area contributed by atoms with E-state index in [4.69, 9.17) is 4.74 Å². The Morgan fingerprint density at radius 3 is 2.72 bits per heavy atom. The fourth-order valence-corrected chi connectivity index (χ4v) is 4.71. The molecule has 8 nitrogen and oxygen atoms in total. The minimum Gasteiger partial charge on any atom is -0.376 e. The van der Waals surface area contributed by atoms with Crippen LogP contribution in [0.4, 0.5) is 0 Å². The van der Waals surface area contributed by atoms with Crippen molar-refractivity contribution in [2.24, 2.45) is 5.92 Å². The number of piperidine rings is 1. The molecule has 25 heavy (non-hydrogen) atoms. The molecule has 2 saturated heterocycles. The number of imidazole rings is 1. The van der Waals surface area contributed by atoms with Gasteiger partial charge in [-0.3, -0.25) is 4.79 Å². The van der Waals surface area contributed by atoms with Gasteiger partial charge < -0.3 is 14.6 Å². The molecule has 0 spiro atoms. The Morgan fingerprint density at radius 2 is 2.12 bits per heavy atom. The standard InChI is InChI=1S/C16H26N4O4S/c1-2-19-11-15(18-12-19)25(22,23)20-7-5-13(6-8-20)16(21)17-10-14-4-3-9-24-14/h11-14H,2-10H2,1H3,(H,17,21)/t14-/m1/s1. The van der Waals surface area contributed by atoms with Gasteiger partial charge in [-0.05, 0) is 32.6 Å². The van der Waals surface area contributed by atoms with Crippen LogP contribution in [-0.2, 0) is 26.1 Å². The van der Waals surface area contributed by atoms with Crippen LogP contribution >= 0.6 is 0 Å². The highest BCUT2D eigenvalue weighted by atomic mass is 32.2. The second-order valence-electron chi connectivity index (χ2n) is 6.60. The lowest BCUT2D eigenvalue weighted by Crippen LogP contribution is -2.44. The Balaban J connectivity index is 1.51. The number of aryl methyl sites for hydroxylation is 1. The van der Waals surface area contributed by atoms with Crippen LogP contribution in [0.3, 0.4) is 0 Å². The summed E-state index contributed by atoms with van der Waals surface area (Å²) in [4.78, 5) is 16.3. The first kappa shape index (κ1) is 18.3. The molecule has 0 bridgehead atoms.